The predicted molar refractivity (Wildman–Crippen MR) is 124 cm³/mol. The van der Waals surface area contributed by atoms with Gasteiger partial charge < -0.3 is 14.2 Å². The maximum atomic E-state index is 12.8. The molecule has 5 aromatic rings. The Morgan fingerprint density at radius 1 is 1.00 bits per heavy atom. The molecule has 0 radical (unpaired) electrons. The summed E-state index contributed by atoms with van der Waals surface area (Å²) in [5.74, 6) is 0.623. The molecule has 1 N–H and O–H groups in total. The number of oxazole rings is 1. The molecule has 5 rings (SSSR count). The highest BCUT2D eigenvalue weighted by molar-refractivity contribution is 6.35. The van der Waals surface area contributed by atoms with Crippen LogP contribution in [0.3, 0.4) is 0 Å². The van der Waals surface area contributed by atoms with Gasteiger partial charge in [0, 0.05) is 28.0 Å². The number of furan rings is 1. The maximum absolute atomic E-state index is 12.8. The van der Waals surface area contributed by atoms with Crippen LogP contribution in [0.5, 0.6) is 0 Å². The fourth-order valence-corrected chi connectivity index (χ4v) is 3.64. The van der Waals surface area contributed by atoms with Crippen molar-refractivity contribution in [1.29, 1.82) is 0 Å². The Kier molecular flexibility index (Phi) is 5.17. The molecule has 1 amide bonds. The first-order chi connectivity index (χ1) is 15.5. The zero-order valence-corrected chi connectivity index (χ0v) is 18.2. The van der Waals surface area contributed by atoms with Gasteiger partial charge in [0.1, 0.15) is 5.76 Å². The van der Waals surface area contributed by atoms with Crippen molar-refractivity contribution in [3.63, 3.8) is 0 Å². The largest absolute Gasteiger partial charge is 0.451 e. The summed E-state index contributed by atoms with van der Waals surface area (Å²) >= 11 is 12.3. The molecule has 32 heavy (non-hydrogen) atoms. The lowest BCUT2D eigenvalue weighted by Gasteiger charge is -2.08. The van der Waals surface area contributed by atoms with Gasteiger partial charge in [-0.25, -0.2) is 4.98 Å². The van der Waals surface area contributed by atoms with Gasteiger partial charge in [-0.1, -0.05) is 29.3 Å². The molecule has 0 unspecified atom stereocenters. The molecule has 0 saturated heterocycles. The molecular weight excluding hydrogens is 449 g/mol. The standard InChI is InChI=1S/C24H15Cl2N3O3/c1-13-4-5-14(24-29-22-20(32-24)3-2-10-27-22)11-18(13)28-23(30)21-9-8-19(31-21)16-12-15(25)6-7-17(16)26/h2-12H,1H3,(H,28,30). The number of aryl methyl sites for hydroxylation is 1. The second-order valence-corrected chi connectivity index (χ2v) is 7.96. The summed E-state index contributed by atoms with van der Waals surface area (Å²) in [6.07, 6.45) is 1.66. The first kappa shape index (κ1) is 20.3. The van der Waals surface area contributed by atoms with Crippen molar-refractivity contribution >= 4 is 46.0 Å². The van der Waals surface area contributed by atoms with Crippen LogP contribution in [-0.2, 0) is 0 Å². The first-order valence-electron chi connectivity index (χ1n) is 9.67. The SMILES string of the molecule is Cc1ccc(-c2nc3ncccc3o2)cc1NC(=O)c1ccc(-c2cc(Cl)ccc2Cl)o1. The molecule has 0 spiro atoms. The highest BCUT2D eigenvalue weighted by atomic mass is 35.5. The van der Waals surface area contributed by atoms with Gasteiger partial charge in [-0.15, -0.1) is 0 Å². The van der Waals surface area contributed by atoms with E-state index in [-0.39, 0.29) is 5.76 Å². The lowest BCUT2D eigenvalue weighted by molar-refractivity contribution is 0.0997. The van der Waals surface area contributed by atoms with E-state index < -0.39 is 5.91 Å². The van der Waals surface area contributed by atoms with E-state index in [0.717, 1.165) is 11.1 Å². The van der Waals surface area contributed by atoms with Crippen molar-refractivity contribution in [2.75, 3.05) is 5.32 Å². The van der Waals surface area contributed by atoms with Crippen LogP contribution in [0.4, 0.5) is 5.69 Å². The number of nitrogens with one attached hydrogen (secondary N) is 1. The lowest BCUT2D eigenvalue weighted by Crippen LogP contribution is -2.11. The van der Waals surface area contributed by atoms with Crippen molar-refractivity contribution in [2.45, 2.75) is 6.92 Å². The summed E-state index contributed by atoms with van der Waals surface area (Å²) < 4.78 is 11.5. The molecule has 0 aliphatic rings. The number of anilines is 1. The molecule has 0 bridgehead atoms. The summed E-state index contributed by atoms with van der Waals surface area (Å²) in [5.41, 5.74) is 3.94. The lowest BCUT2D eigenvalue weighted by atomic mass is 10.1. The van der Waals surface area contributed by atoms with E-state index in [0.29, 0.717) is 44.2 Å². The number of nitrogens with zero attached hydrogens (tertiary/aromatic N) is 2. The predicted octanol–water partition coefficient (Wildman–Crippen LogP) is 7.02. The van der Waals surface area contributed by atoms with Crippen molar-refractivity contribution < 1.29 is 13.6 Å². The van der Waals surface area contributed by atoms with Gasteiger partial charge in [-0.3, -0.25) is 4.79 Å². The number of aromatic nitrogens is 2. The average Bonchev–Trinajstić information content (AvgIpc) is 3.44. The zero-order chi connectivity index (χ0) is 22.2. The molecule has 2 aromatic carbocycles. The van der Waals surface area contributed by atoms with E-state index in [1.807, 2.05) is 19.1 Å². The monoisotopic (exact) mass is 463 g/mol. The number of rotatable bonds is 4. The molecule has 0 atom stereocenters. The van der Waals surface area contributed by atoms with E-state index in [4.69, 9.17) is 32.0 Å². The second kappa shape index (κ2) is 8.15. The average molecular weight is 464 g/mol. The van der Waals surface area contributed by atoms with Crippen LogP contribution in [0.1, 0.15) is 16.1 Å². The Hall–Kier alpha value is -3.61. The summed E-state index contributed by atoms with van der Waals surface area (Å²) in [5, 5.41) is 3.89. The third-order valence-corrected chi connectivity index (χ3v) is 5.49. The van der Waals surface area contributed by atoms with E-state index in [9.17, 15) is 4.79 Å². The Bertz CT molecular complexity index is 1440. The fraction of sp³-hybridized carbons (Fsp3) is 0.0417. The highest BCUT2D eigenvalue weighted by Crippen LogP contribution is 2.32. The number of hydrogen-bond donors (Lipinski definition) is 1. The van der Waals surface area contributed by atoms with Gasteiger partial charge in [0.2, 0.25) is 5.89 Å². The Morgan fingerprint density at radius 3 is 2.72 bits per heavy atom. The molecule has 0 aliphatic carbocycles. The molecule has 0 aliphatic heterocycles. The van der Waals surface area contributed by atoms with Crippen LogP contribution in [-0.4, -0.2) is 15.9 Å². The summed E-state index contributed by atoms with van der Waals surface area (Å²) in [6, 6.07) is 17.5. The normalized spacial score (nSPS) is 11.1. The van der Waals surface area contributed by atoms with Gasteiger partial charge in [-0.05, 0) is 67.1 Å². The van der Waals surface area contributed by atoms with E-state index in [2.05, 4.69) is 15.3 Å². The van der Waals surface area contributed by atoms with Crippen LogP contribution in [0.25, 0.3) is 34.0 Å². The van der Waals surface area contributed by atoms with Crippen LogP contribution < -0.4 is 5.32 Å². The quantitative estimate of drug-likeness (QED) is 0.309. The Balaban J connectivity index is 1.42. The van der Waals surface area contributed by atoms with Crippen LogP contribution in [0.15, 0.2) is 75.7 Å². The van der Waals surface area contributed by atoms with Crippen LogP contribution in [0, 0.1) is 6.92 Å². The number of carbonyl (C=O) groups is 1. The van der Waals surface area contributed by atoms with Crippen LogP contribution in [0.2, 0.25) is 10.0 Å². The minimum absolute atomic E-state index is 0.145. The van der Waals surface area contributed by atoms with E-state index in [1.165, 1.54) is 0 Å². The minimum atomic E-state index is -0.395. The second-order valence-electron chi connectivity index (χ2n) is 7.12. The highest BCUT2D eigenvalue weighted by Gasteiger charge is 2.17. The van der Waals surface area contributed by atoms with Crippen molar-refractivity contribution in [3.05, 3.63) is 88.2 Å². The Morgan fingerprint density at radius 2 is 1.88 bits per heavy atom. The van der Waals surface area contributed by atoms with Gasteiger partial charge in [-0.2, -0.15) is 4.98 Å². The fourth-order valence-electron chi connectivity index (χ4n) is 3.26. The van der Waals surface area contributed by atoms with Crippen LogP contribution >= 0.6 is 23.2 Å². The molecule has 0 fully saturated rings. The third kappa shape index (κ3) is 3.86. The number of pyridine rings is 1. The molecule has 3 heterocycles. The maximum Gasteiger partial charge on any atom is 0.291 e. The first-order valence-corrected chi connectivity index (χ1v) is 10.4. The topological polar surface area (TPSA) is 81.2 Å². The number of amides is 1. The molecule has 6 nitrogen and oxygen atoms in total. The van der Waals surface area contributed by atoms with Gasteiger partial charge in [0.15, 0.2) is 17.0 Å². The van der Waals surface area contributed by atoms with E-state index >= 15 is 0 Å². The number of benzene rings is 2. The van der Waals surface area contributed by atoms with Gasteiger partial charge >= 0.3 is 0 Å². The molecular formula is C24H15Cl2N3O3. The molecule has 8 heteroatoms. The number of carbonyl (C=O) groups excluding carboxylic acids is 1. The number of fused-ring (bicyclic) bond motifs is 1. The molecule has 0 saturated carbocycles. The summed E-state index contributed by atoms with van der Waals surface area (Å²) in [6.45, 7) is 1.90. The van der Waals surface area contributed by atoms with Crippen molar-refractivity contribution in [3.8, 4) is 22.8 Å². The number of halogens is 2. The third-order valence-electron chi connectivity index (χ3n) is 4.92. The molecule has 3 aromatic heterocycles. The minimum Gasteiger partial charge on any atom is -0.451 e. The van der Waals surface area contributed by atoms with Crippen molar-refractivity contribution in [2.24, 2.45) is 0 Å². The van der Waals surface area contributed by atoms with Crippen molar-refractivity contribution in [1.82, 2.24) is 9.97 Å². The number of hydrogen-bond acceptors (Lipinski definition) is 5. The van der Waals surface area contributed by atoms with Gasteiger partial charge in [0.25, 0.3) is 5.91 Å². The zero-order valence-electron chi connectivity index (χ0n) is 16.7. The smallest absolute Gasteiger partial charge is 0.291 e. The molecule has 158 valence electrons. The summed E-state index contributed by atoms with van der Waals surface area (Å²) in [7, 11) is 0. The van der Waals surface area contributed by atoms with Gasteiger partial charge in [0.05, 0.1) is 5.02 Å². The Labute approximate surface area is 192 Å². The van der Waals surface area contributed by atoms with E-state index in [1.54, 1.807) is 54.7 Å². The summed E-state index contributed by atoms with van der Waals surface area (Å²) in [4.78, 5) is 21.4.